The van der Waals surface area contributed by atoms with Crippen molar-refractivity contribution < 1.29 is 14.1 Å². The number of carbonyl (C=O) groups is 1. The van der Waals surface area contributed by atoms with Gasteiger partial charge in [0.25, 0.3) is 0 Å². The van der Waals surface area contributed by atoms with Crippen LogP contribution >= 0.6 is 11.3 Å². The standard InChI is InChI=1S/C20H19N5O3S/c1-12-7-15(25-28-12)5-6-22-19(26)24-20-23-17-4-3-13(9-18(17)29-20)14-8-16(27-2)11-21-10-14/h3-4,7-11H,5-6H2,1-2H3,(H2,22,23,24,26). The molecule has 0 spiro atoms. The largest absolute Gasteiger partial charge is 0.495 e. The minimum Gasteiger partial charge on any atom is -0.495 e. The second-order valence-electron chi connectivity index (χ2n) is 6.37. The van der Waals surface area contributed by atoms with Crippen molar-refractivity contribution in [3.63, 3.8) is 0 Å². The van der Waals surface area contributed by atoms with Crippen molar-refractivity contribution in [3.05, 3.63) is 54.2 Å². The number of ether oxygens (including phenoxy) is 1. The maximum absolute atomic E-state index is 12.1. The van der Waals surface area contributed by atoms with E-state index >= 15 is 0 Å². The molecule has 0 aliphatic heterocycles. The second kappa shape index (κ2) is 8.27. The minimum atomic E-state index is -0.304. The number of pyridine rings is 1. The van der Waals surface area contributed by atoms with E-state index in [1.807, 2.05) is 37.3 Å². The molecule has 3 heterocycles. The Hall–Kier alpha value is -3.46. The van der Waals surface area contributed by atoms with Gasteiger partial charge in [-0.2, -0.15) is 0 Å². The molecule has 29 heavy (non-hydrogen) atoms. The number of nitrogens with one attached hydrogen (secondary N) is 2. The summed E-state index contributed by atoms with van der Waals surface area (Å²) in [4.78, 5) is 20.8. The highest BCUT2D eigenvalue weighted by Gasteiger charge is 2.10. The zero-order chi connectivity index (χ0) is 20.2. The molecule has 0 aliphatic carbocycles. The topological polar surface area (TPSA) is 102 Å². The summed E-state index contributed by atoms with van der Waals surface area (Å²) >= 11 is 1.42. The molecule has 8 nitrogen and oxygen atoms in total. The van der Waals surface area contributed by atoms with E-state index in [0.717, 1.165) is 32.8 Å². The van der Waals surface area contributed by atoms with E-state index in [2.05, 4.69) is 25.8 Å². The van der Waals surface area contributed by atoms with Crippen LogP contribution in [0.3, 0.4) is 0 Å². The number of rotatable bonds is 6. The van der Waals surface area contributed by atoms with E-state index < -0.39 is 0 Å². The maximum atomic E-state index is 12.1. The van der Waals surface area contributed by atoms with E-state index in [1.165, 1.54) is 11.3 Å². The molecule has 0 radical (unpaired) electrons. The molecule has 1 aromatic carbocycles. The Bertz CT molecular complexity index is 1150. The van der Waals surface area contributed by atoms with Crippen LogP contribution < -0.4 is 15.4 Å². The Morgan fingerprint density at radius 2 is 2.10 bits per heavy atom. The number of anilines is 1. The number of fused-ring (bicyclic) bond motifs is 1. The van der Waals surface area contributed by atoms with Gasteiger partial charge >= 0.3 is 6.03 Å². The van der Waals surface area contributed by atoms with Gasteiger partial charge in [0.15, 0.2) is 5.13 Å². The first kappa shape index (κ1) is 18.9. The predicted octanol–water partition coefficient (Wildman–Crippen LogP) is 4.03. The number of aryl methyl sites for hydroxylation is 1. The van der Waals surface area contributed by atoms with E-state index in [9.17, 15) is 4.79 Å². The summed E-state index contributed by atoms with van der Waals surface area (Å²) < 4.78 is 11.2. The third kappa shape index (κ3) is 4.52. The van der Waals surface area contributed by atoms with Gasteiger partial charge in [-0.3, -0.25) is 10.3 Å². The Morgan fingerprint density at radius 1 is 1.21 bits per heavy atom. The van der Waals surface area contributed by atoms with Crippen LogP contribution in [0.1, 0.15) is 11.5 Å². The summed E-state index contributed by atoms with van der Waals surface area (Å²) in [5, 5.41) is 10.0. The average molecular weight is 409 g/mol. The van der Waals surface area contributed by atoms with Gasteiger partial charge in [-0.15, -0.1) is 0 Å². The third-order valence-corrected chi connectivity index (χ3v) is 5.17. The van der Waals surface area contributed by atoms with Crippen molar-refractivity contribution in [2.75, 3.05) is 19.0 Å². The number of aromatic nitrogens is 3. The Kier molecular flexibility index (Phi) is 5.39. The number of carbonyl (C=O) groups excluding carboxylic acids is 1. The van der Waals surface area contributed by atoms with Crippen molar-refractivity contribution in [2.45, 2.75) is 13.3 Å². The molecule has 9 heteroatoms. The van der Waals surface area contributed by atoms with Crippen LogP contribution in [0, 0.1) is 6.92 Å². The van der Waals surface area contributed by atoms with Crippen LogP contribution in [0.15, 0.2) is 47.2 Å². The highest BCUT2D eigenvalue weighted by Crippen LogP contribution is 2.31. The van der Waals surface area contributed by atoms with Crippen LogP contribution in [-0.2, 0) is 6.42 Å². The molecule has 0 aliphatic rings. The zero-order valence-electron chi connectivity index (χ0n) is 15.9. The van der Waals surface area contributed by atoms with Gasteiger partial charge in [0, 0.05) is 30.8 Å². The van der Waals surface area contributed by atoms with Crippen LogP contribution in [0.25, 0.3) is 21.3 Å². The zero-order valence-corrected chi connectivity index (χ0v) is 16.7. The van der Waals surface area contributed by atoms with E-state index in [-0.39, 0.29) is 6.03 Å². The molecule has 2 amide bonds. The van der Waals surface area contributed by atoms with Crippen LogP contribution in [-0.4, -0.2) is 34.8 Å². The van der Waals surface area contributed by atoms with Gasteiger partial charge in [-0.05, 0) is 30.7 Å². The minimum absolute atomic E-state index is 0.304. The van der Waals surface area contributed by atoms with Crippen molar-refractivity contribution in [2.24, 2.45) is 0 Å². The number of urea groups is 1. The number of thiazole rings is 1. The smallest absolute Gasteiger partial charge is 0.321 e. The third-order valence-electron chi connectivity index (χ3n) is 4.23. The predicted molar refractivity (Wildman–Crippen MR) is 111 cm³/mol. The van der Waals surface area contributed by atoms with Crippen molar-refractivity contribution in [1.29, 1.82) is 0 Å². The Morgan fingerprint density at radius 3 is 2.90 bits per heavy atom. The molecule has 148 valence electrons. The van der Waals surface area contributed by atoms with Gasteiger partial charge in [0.05, 0.1) is 29.2 Å². The summed E-state index contributed by atoms with van der Waals surface area (Å²) in [6, 6.07) is 9.40. The number of amides is 2. The molecular formula is C20H19N5O3S. The second-order valence-corrected chi connectivity index (χ2v) is 7.41. The average Bonchev–Trinajstić information content (AvgIpc) is 3.32. The van der Waals surface area contributed by atoms with Gasteiger partial charge in [-0.25, -0.2) is 9.78 Å². The maximum Gasteiger partial charge on any atom is 0.321 e. The first-order valence-corrected chi connectivity index (χ1v) is 9.79. The molecule has 4 rings (SSSR count). The monoisotopic (exact) mass is 409 g/mol. The van der Waals surface area contributed by atoms with Crippen molar-refractivity contribution >= 4 is 32.7 Å². The lowest BCUT2D eigenvalue weighted by atomic mass is 10.1. The molecule has 0 saturated heterocycles. The fourth-order valence-electron chi connectivity index (χ4n) is 2.83. The lowest BCUT2D eigenvalue weighted by Crippen LogP contribution is -2.30. The summed E-state index contributed by atoms with van der Waals surface area (Å²) in [7, 11) is 1.61. The molecule has 2 N–H and O–H groups in total. The lowest BCUT2D eigenvalue weighted by molar-refractivity contribution is 0.252. The number of nitrogens with zero attached hydrogens (tertiary/aromatic N) is 3. The van der Waals surface area contributed by atoms with Gasteiger partial charge < -0.3 is 14.6 Å². The lowest BCUT2D eigenvalue weighted by Gasteiger charge is -2.03. The molecule has 0 atom stereocenters. The molecule has 4 aromatic rings. The van der Waals surface area contributed by atoms with E-state index in [4.69, 9.17) is 9.26 Å². The van der Waals surface area contributed by atoms with Gasteiger partial charge in [0.2, 0.25) is 0 Å². The van der Waals surface area contributed by atoms with Gasteiger partial charge in [-0.1, -0.05) is 22.6 Å². The number of hydrogen-bond acceptors (Lipinski definition) is 7. The fraction of sp³-hybridized carbons (Fsp3) is 0.200. The SMILES string of the molecule is COc1cncc(-c2ccc3nc(NC(=O)NCCc4cc(C)on4)sc3c2)c1. The Balaban J connectivity index is 1.41. The highest BCUT2D eigenvalue weighted by molar-refractivity contribution is 7.22. The van der Waals surface area contributed by atoms with Crippen molar-refractivity contribution in [3.8, 4) is 16.9 Å². The molecule has 0 saturated carbocycles. The fourth-order valence-corrected chi connectivity index (χ4v) is 3.73. The molecule has 0 unspecified atom stereocenters. The number of hydrogen-bond donors (Lipinski definition) is 2. The Labute approximate surface area is 170 Å². The molecule has 3 aromatic heterocycles. The van der Waals surface area contributed by atoms with Crippen LogP contribution in [0.5, 0.6) is 5.75 Å². The van der Waals surface area contributed by atoms with Crippen molar-refractivity contribution in [1.82, 2.24) is 20.4 Å². The quantitative estimate of drug-likeness (QED) is 0.498. The number of methoxy groups -OCH3 is 1. The molecule has 0 bridgehead atoms. The highest BCUT2D eigenvalue weighted by atomic mass is 32.1. The van der Waals surface area contributed by atoms with Gasteiger partial charge in [0.1, 0.15) is 11.5 Å². The van der Waals surface area contributed by atoms with E-state index in [1.54, 1.807) is 19.5 Å². The number of benzene rings is 1. The summed E-state index contributed by atoms with van der Waals surface area (Å²) in [6.07, 6.45) is 4.05. The molecule has 0 fully saturated rings. The molecular weight excluding hydrogens is 390 g/mol. The normalized spacial score (nSPS) is 10.8. The van der Waals surface area contributed by atoms with Crippen LogP contribution in [0.4, 0.5) is 9.93 Å². The summed E-state index contributed by atoms with van der Waals surface area (Å²) in [5.41, 5.74) is 3.59. The van der Waals surface area contributed by atoms with Crippen LogP contribution in [0.2, 0.25) is 0 Å². The summed E-state index contributed by atoms with van der Waals surface area (Å²) in [6.45, 7) is 2.29. The first-order chi connectivity index (χ1) is 14.1. The first-order valence-electron chi connectivity index (χ1n) is 8.98. The summed E-state index contributed by atoms with van der Waals surface area (Å²) in [5.74, 6) is 1.45. The van der Waals surface area contributed by atoms with E-state index in [0.29, 0.717) is 23.8 Å².